The average molecular weight is 448 g/mol. The van der Waals surface area contributed by atoms with Crippen LogP contribution in [0, 0.1) is 13.8 Å². The topological polar surface area (TPSA) is 50.1 Å². The van der Waals surface area contributed by atoms with Gasteiger partial charge in [0.1, 0.15) is 5.75 Å². The standard InChI is InChI=1S/C27H27F2N3O/c1-5-19(23-15-22(33)12-8-18(23)3)16-32-25-13-9-20(27(4,28)29)14-24(25)31-26(32)30-21-10-6-17(2)7-11-21/h5-15,33H,16H2,1-4H3,(H,30,31)/b19-5-. The maximum Gasteiger partial charge on any atom is 0.270 e. The van der Waals surface area contributed by atoms with Crippen LogP contribution in [0.15, 0.2) is 66.7 Å². The molecule has 0 spiro atoms. The Morgan fingerprint density at radius 1 is 1.06 bits per heavy atom. The molecular weight excluding hydrogens is 420 g/mol. The molecule has 33 heavy (non-hydrogen) atoms. The average Bonchev–Trinajstić information content (AvgIpc) is 3.11. The zero-order chi connectivity index (χ0) is 23.8. The summed E-state index contributed by atoms with van der Waals surface area (Å²) in [5.74, 6) is -2.20. The number of halogens is 2. The highest BCUT2D eigenvalue weighted by molar-refractivity contribution is 5.82. The second kappa shape index (κ2) is 8.70. The van der Waals surface area contributed by atoms with E-state index in [1.165, 1.54) is 12.1 Å². The third kappa shape index (κ3) is 4.75. The van der Waals surface area contributed by atoms with Crippen molar-refractivity contribution in [1.82, 2.24) is 9.55 Å². The van der Waals surface area contributed by atoms with Crippen LogP contribution in [0.4, 0.5) is 20.4 Å². The van der Waals surface area contributed by atoms with Gasteiger partial charge in [-0.1, -0.05) is 35.9 Å². The molecule has 1 aromatic heterocycles. The number of phenolic OH excluding ortho intramolecular Hbond substituents is 1. The van der Waals surface area contributed by atoms with Crippen molar-refractivity contribution in [2.75, 3.05) is 5.32 Å². The third-order valence-electron chi connectivity index (χ3n) is 5.81. The van der Waals surface area contributed by atoms with E-state index in [0.29, 0.717) is 18.0 Å². The number of imidazole rings is 1. The van der Waals surface area contributed by atoms with Crippen LogP contribution in [0.5, 0.6) is 5.75 Å². The first-order valence-electron chi connectivity index (χ1n) is 10.8. The SMILES string of the molecule is C/C=C(/Cn1c(Nc2ccc(C)cc2)nc2cc(C(C)(F)F)ccc21)c1cc(O)ccc1C. The van der Waals surface area contributed by atoms with Crippen LogP contribution in [0.1, 0.15) is 36.1 Å². The molecule has 4 aromatic rings. The Morgan fingerprint density at radius 2 is 1.79 bits per heavy atom. The van der Waals surface area contributed by atoms with Gasteiger partial charge in [-0.25, -0.2) is 13.8 Å². The highest BCUT2D eigenvalue weighted by Crippen LogP contribution is 2.33. The van der Waals surface area contributed by atoms with Crippen LogP contribution in [-0.4, -0.2) is 14.7 Å². The molecule has 0 fully saturated rings. The molecule has 0 radical (unpaired) electrons. The van der Waals surface area contributed by atoms with Gasteiger partial charge in [0.2, 0.25) is 5.95 Å². The molecule has 2 N–H and O–H groups in total. The summed E-state index contributed by atoms with van der Waals surface area (Å²) in [4.78, 5) is 4.67. The Balaban J connectivity index is 1.83. The normalized spacial score (nSPS) is 12.4. The molecule has 0 unspecified atom stereocenters. The molecule has 0 aliphatic carbocycles. The number of phenols is 1. The Morgan fingerprint density at radius 3 is 2.45 bits per heavy atom. The summed E-state index contributed by atoms with van der Waals surface area (Å²) in [6, 6.07) is 17.8. The van der Waals surface area contributed by atoms with Crippen LogP contribution < -0.4 is 5.32 Å². The maximum absolute atomic E-state index is 14.0. The molecule has 0 aliphatic heterocycles. The largest absolute Gasteiger partial charge is 0.508 e. The number of aromatic nitrogens is 2. The summed E-state index contributed by atoms with van der Waals surface area (Å²) >= 11 is 0. The minimum atomic E-state index is -2.95. The number of aromatic hydroxyl groups is 1. The number of rotatable bonds is 6. The smallest absolute Gasteiger partial charge is 0.270 e. The van der Waals surface area contributed by atoms with Crippen molar-refractivity contribution in [2.24, 2.45) is 0 Å². The minimum absolute atomic E-state index is 0.0726. The van der Waals surface area contributed by atoms with Crippen molar-refractivity contribution in [3.05, 3.63) is 89.0 Å². The van der Waals surface area contributed by atoms with E-state index in [4.69, 9.17) is 0 Å². The number of alkyl halides is 2. The summed E-state index contributed by atoms with van der Waals surface area (Å²) in [7, 11) is 0. The third-order valence-corrected chi connectivity index (χ3v) is 5.81. The molecule has 0 saturated heterocycles. The van der Waals surface area contributed by atoms with E-state index in [0.717, 1.165) is 40.4 Å². The number of anilines is 2. The molecule has 0 saturated carbocycles. The number of allylic oxidation sites excluding steroid dienone is 2. The molecule has 0 aliphatic rings. The number of aryl methyl sites for hydroxylation is 2. The van der Waals surface area contributed by atoms with Crippen LogP contribution in [-0.2, 0) is 12.5 Å². The van der Waals surface area contributed by atoms with Crippen molar-refractivity contribution in [3.8, 4) is 5.75 Å². The Labute approximate surface area is 192 Å². The molecule has 1 heterocycles. The van der Waals surface area contributed by atoms with Gasteiger partial charge in [-0.15, -0.1) is 0 Å². The molecule has 0 atom stereocenters. The monoisotopic (exact) mass is 447 g/mol. The van der Waals surface area contributed by atoms with Crippen molar-refractivity contribution in [1.29, 1.82) is 0 Å². The van der Waals surface area contributed by atoms with E-state index in [1.807, 2.05) is 61.7 Å². The van der Waals surface area contributed by atoms with Gasteiger partial charge in [-0.2, -0.15) is 0 Å². The van der Waals surface area contributed by atoms with E-state index >= 15 is 0 Å². The molecule has 0 amide bonds. The van der Waals surface area contributed by atoms with Gasteiger partial charge in [0.15, 0.2) is 0 Å². The molecule has 3 aromatic carbocycles. The van der Waals surface area contributed by atoms with Crippen LogP contribution in [0.2, 0.25) is 0 Å². The Hall–Kier alpha value is -3.67. The number of fused-ring (bicyclic) bond motifs is 1. The molecule has 0 bridgehead atoms. The second-order valence-electron chi connectivity index (χ2n) is 8.42. The summed E-state index contributed by atoms with van der Waals surface area (Å²) in [6.07, 6.45) is 2.00. The fraction of sp³-hybridized carbons (Fsp3) is 0.222. The lowest BCUT2D eigenvalue weighted by molar-refractivity contribution is 0.0176. The lowest BCUT2D eigenvalue weighted by atomic mass is 9.99. The van der Waals surface area contributed by atoms with Crippen LogP contribution in [0.3, 0.4) is 0 Å². The molecular formula is C27H27F2N3O. The Bertz CT molecular complexity index is 1330. The quantitative estimate of drug-likeness (QED) is 0.326. The van der Waals surface area contributed by atoms with Gasteiger partial charge in [-0.3, -0.25) is 0 Å². The maximum atomic E-state index is 14.0. The number of nitrogens with one attached hydrogen (secondary N) is 1. The van der Waals surface area contributed by atoms with Crippen molar-refractivity contribution in [3.63, 3.8) is 0 Å². The molecule has 4 rings (SSSR count). The zero-order valence-corrected chi connectivity index (χ0v) is 19.2. The second-order valence-corrected chi connectivity index (χ2v) is 8.42. The van der Waals surface area contributed by atoms with E-state index in [2.05, 4.69) is 10.3 Å². The van der Waals surface area contributed by atoms with E-state index in [9.17, 15) is 13.9 Å². The highest BCUT2D eigenvalue weighted by atomic mass is 19.3. The van der Waals surface area contributed by atoms with Crippen LogP contribution in [0.25, 0.3) is 16.6 Å². The fourth-order valence-electron chi connectivity index (χ4n) is 3.88. The zero-order valence-electron chi connectivity index (χ0n) is 19.2. The first kappa shape index (κ1) is 22.5. The highest BCUT2D eigenvalue weighted by Gasteiger charge is 2.25. The van der Waals surface area contributed by atoms with Crippen molar-refractivity contribution in [2.45, 2.75) is 40.2 Å². The molecule has 4 nitrogen and oxygen atoms in total. The predicted molar refractivity (Wildman–Crippen MR) is 130 cm³/mol. The summed E-state index contributed by atoms with van der Waals surface area (Å²) < 4.78 is 29.9. The first-order chi connectivity index (χ1) is 15.7. The lowest BCUT2D eigenvalue weighted by Gasteiger charge is -2.16. The number of hydrogen-bond acceptors (Lipinski definition) is 3. The predicted octanol–water partition coefficient (Wildman–Crippen LogP) is 7.32. The van der Waals surface area contributed by atoms with Gasteiger partial charge >= 0.3 is 0 Å². The number of benzene rings is 3. The van der Waals surface area contributed by atoms with Gasteiger partial charge in [-0.05, 0) is 73.9 Å². The number of nitrogens with zero attached hydrogens (tertiary/aromatic N) is 2. The van der Waals surface area contributed by atoms with Crippen molar-refractivity contribution < 1.29 is 13.9 Å². The summed E-state index contributed by atoms with van der Waals surface area (Å²) in [6.45, 7) is 7.29. The van der Waals surface area contributed by atoms with Gasteiger partial charge in [0.25, 0.3) is 5.92 Å². The fourth-order valence-corrected chi connectivity index (χ4v) is 3.88. The minimum Gasteiger partial charge on any atom is -0.508 e. The molecule has 170 valence electrons. The van der Waals surface area contributed by atoms with Gasteiger partial charge in [0, 0.05) is 18.2 Å². The lowest BCUT2D eigenvalue weighted by Crippen LogP contribution is -2.07. The van der Waals surface area contributed by atoms with Crippen molar-refractivity contribution >= 4 is 28.2 Å². The molecule has 6 heteroatoms. The first-order valence-corrected chi connectivity index (χ1v) is 10.8. The van der Waals surface area contributed by atoms with E-state index in [1.54, 1.807) is 18.2 Å². The van der Waals surface area contributed by atoms with E-state index in [-0.39, 0.29) is 11.3 Å². The van der Waals surface area contributed by atoms with Gasteiger partial charge in [0.05, 0.1) is 17.6 Å². The van der Waals surface area contributed by atoms with Gasteiger partial charge < -0.3 is 15.0 Å². The van der Waals surface area contributed by atoms with E-state index < -0.39 is 5.92 Å². The van der Waals surface area contributed by atoms with Crippen LogP contribution >= 0.6 is 0 Å². The Kier molecular flexibility index (Phi) is 5.93. The summed E-state index contributed by atoms with van der Waals surface area (Å²) in [5, 5.41) is 13.4. The summed E-state index contributed by atoms with van der Waals surface area (Å²) in [5.41, 5.74) is 6.11. The number of hydrogen-bond donors (Lipinski definition) is 2.